The summed E-state index contributed by atoms with van der Waals surface area (Å²) >= 11 is 0. The van der Waals surface area contributed by atoms with Crippen LogP contribution in [0.25, 0.3) is 0 Å². The summed E-state index contributed by atoms with van der Waals surface area (Å²) in [4.78, 5) is 8.33. The second-order valence-electron chi connectivity index (χ2n) is 5.84. The molecule has 0 radical (unpaired) electrons. The van der Waals surface area contributed by atoms with Gasteiger partial charge in [0, 0.05) is 31.4 Å². The average molecular weight is 307 g/mol. The number of likely N-dealkylation sites (N-methyl/N-ethyl adjacent to an activating group) is 1. The zero-order chi connectivity index (χ0) is 16.1. The first kappa shape index (κ1) is 16.4. The third kappa shape index (κ3) is 4.81. The molecular formula is C14H25N7O. The number of nitrogens with one attached hydrogen (secondary N) is 2. The van der Waals surface area contributed by atoms with Gasteiger partial charge >= 0.3 is 0 Å². The van der Waals surface area contributed by atoms with E-state index in [1.807, 2.05) is 32.0 Å². The molecular weight excluding hydrogens is 282 g/mol. The first-order valence-electron chi connectivity index (χ1n) is 7.38. The minimum atomic E-state index is 0.122. The number of nitrogens with zero attached hydrogens (tertiary/aromatic N) is 4. The van der Waals surface area contributed by atoms with Gasteiger partial charge in [0.1, 0.15) is 11.7 Å². The van der Waals surface area contributed by atoms with Gasteiger partial charge in [-0.15, -0.1) is 0 Å². The Labute approximate surface area is 130 Å². The summed E-state index contributed by atoms with van der Waals surface area (Å²) in [5.74, 6) is 1.42. The number of aliphatic imine (C=N–C) groups is 1. The molecule has 2 heterocycles. The summed E-state index contributed by atoms with van der Waals surface area (Å²) in [5, 5.41) is 15.1. The van der Waals surface area contributed by atoms with Crippen molar-refractivity contribution in [3.05, 3.63) is 11.8 Å². The fraction of sp³-hybridized carbons (Fsp3) is 0.643. The van der Waals surface area contributed by atoms with Crippen molar-refractivity contribution in [2.75, 3.05) is 40.3 Å². The maximum atomic E-state index is 8.22. The molecule has 1 aromatic rings. The molecule has 1 aliphatic rings. The van der Waals surface area contributed by atoms with E-state index in [0.29, 0.717) is 37.1 Å². The van der Waals surface area contributed by atoms with E-state index in [9.17, 15) is 0 Å². The summed E-state index contributed by atoms with van der Waals surface area (Å²) in [7, 11) is 4.04. The van der Waals surface area contributed by atoms with Crippen molar-refractivity contribution in [2.45, 2.75) is 19.4 Å². The highest BCUT2D eigenvalue weighted by Gasteiger charge is 2.23. The van der Waals surface area contributed by atoms with Crippen molar-refractivity contribution in [1.29, 1.82) is 5.41 Å². The smallest absolute Gasteiger partial charge is 0.175 e. The lowest BCUT2D eigenvalue weighted by Gasteiger charge is -2.35. The highest BCUT2D eigenvalue weighted by Crippen LogP contribution is 2.11. The minimum Gasteiger partial charge on any atom is -0.387 e. The number of aromatic amines is 1. The van der Waals surface area contributed by atoms with Crippen molar-refractivity contribution in [1.82, 2.24) is 20.0 Å². The van der Waals surface area contributed by atoms with Crippen LogP contribution in [-0.4, -0.2) is 78.1 Å². The fourth-order valence-electron chi connectivity index (χ4n) is 2.41. The molecule has 2 rings (SSSR count). The van der Waals surface area contributed by atoms with Crippen molar-refractivity contribution >= 4 is 17.5 Å². The van der Waals surface area contributed by atoms with Gasteiger partial charge in [0.05, 0.1) is 19.1 Å². The van der Waals surface area contributed by atoms with E-state index in [2.05, 4.69) is 20.1 Å². The second kappa shape index (κ2) is 7.37. The highest BCUT2D eigenvalue weighted by atomic mass is 16.5. The number of rotatable bonds is 5. The van der Waals surface area contributed by atoms with Gasteiger partial charge in [-0.05, 0) is 21.0 Å². The van der Waals surface area contributed by atoms with Crippen molar-refractivity contribution in [3.63, 3.8) is 0 Å². The molecule has 0 aliphatic carbocycles. The normalized spacial score (nSPS) is 19.7. The van der Waals surface area contributed by atoms with Crippen molar-refractivity contribution in [2.24, 2.45) is 10.7 Å². The zero-order valence-corrected chi connectivity index (χ0v) is 13.5. The molecule has 8 nitrogen and oxygen atoms in total. The molecule has 1 saturated heterocycles. The van der Waals surface area contributed by atoms with Crippen molar-refractivity contribution in [3.8, 4) is 0 Å². The van der Waals surface area contributed by atoms with E-state index in [0.717, 1.165) is 18.8 Å². The van der Waals surface area contributed by atoms with Crippen molar-refractivity contribution < 1.29 is 4.74 Å². The number of aryl methyl sites for hydroxylation is 1. The quantitative estimate of drug-likeness (QED) is 0.537. The summed E-state index contributed by atoms with van der Waals surface area (Å²) < 4.78 is 5.72. The molecule has 0 amide bonds. The molecule has 0 spiro atoms. The first-order valence-corrected chi connectivity index (χ1v) is 7.38. The summed E-state index contributed by atoms with van der Waals surface area (Å²) in [6, 6.07) is 1.82. The molecule has 22 heavy (non-hydrogen) atoms. The summed E-state index contributed by atoms with van der Waals surface area (Å²) in [6.07, 6.45) is 0.442. The summed E-state index contributed by atoms with van der Waals surface area (Å²) in [6.45, 7) is 4.82. The Kier molecular flexibility index (Phi) is 5.51. The average Bonchev–Trinajstić information content (AvgIpc) is 2.83. The van der Waals surface area contributed by atoms with Gasteiger partial charge in [-0.3, -0.25) is 10.5 Å². The Morgan fingerprint density at radius 3 is 3.05 bits per heavy atom. The molecule has 1 unspecified atom stereocenters. The number of hydrogen-bond donors (Lipinski definition) is 3. The van der Waals surface area contributed by atoms with Crippen LogP contribution in [0.3, 0.4) is 0 Å². The zero-order valence-electron chi connectivity index (χ0n) is 13.5. The SMILES string of the molecule is Cc1cc(N=C(N)CC(=N)N2CCOC(CN(C)C)C2)n[nH]1. The Morgan fingerprint density at radius 2 is 2.41 bits per heavy atom. The Balaban J connectivity index is 1.89. The van der Waals surface area contributed by atoms with Crippen LogP contribution in [-0.2, 0) is 4.74 Å². The lowest BCUT2D eigenvalue weighted by atomic mass is 10.2. The molecule has 1 aromatic heterocycles. The van der Waals surface area contributed by atoms with E-state index in [1.165, 1.54) is 0 Å². The summed E-state index contributed by atoms with van der Waals surface area (Å²) in [5.41, 5.74) is 6.86. The molecule has 1 aliphatic heterocycles. The Morgan fingerprint density at radius 1 is 1.64 bits per heavy atom. The van der Waals surface area contributed by atoms with Crippen LogP contribution in [0.2, 0.25) is 0 Å². The molecule has 0 saturated carbocycles. The van der Waals surface area contributed by atoms with Gasteiger partial charge in [-0.25, -0.2) is 4.99 Å². The van der Waals surface area contributed by atoms with Gasteiger partial charge in [-0.1, -0.05) is 0 Å². The maximum Gasteiger partial charge on any atom is 0.175 e. The number of ether oxygens (including phenoxy) is 1. The largest absolute Gasteiger partial charge is 0.387 e. The number of amidine groups is 2. The molecule has 122 valence electrons. The second-order valence-corrected chi connectivity index (χ2v) is 5.84. The number of H-pyrrole nitrogens is 1. The molecule has 0 bridgehead atoms. The van der Waals surface area contributed by atoms with Crippen LogP contribution in [0, 0.1) is 12.3 Å². The van der Waals surface area contributed by atoms with Gasteiger partial charge in [0.2, 0.25) is 0 Å². The van der Waals surface area contributed by atoms with Crippen LogP contribution in [0.15, 0.2) is 11.1 Å². The lowest BCUT2D eigenvalue weighted by Crippen LogP contribution is -2.49. The van der Waals surface area contributed by atoms with Crippen LogP contribution in [0.5, 0.6) is 0 Å². The molecule has 1 fully saturated rings. The van der Waals surface area contributed by atoms with E-state index in [1.54, 1.807) is 0 Å². The predicted octanol–water partition coefficient (Wildman–Crippen LogP) is 0.337. The highest BCUT2D eigenvalue weighted by molar-refractivity contribution is 6.01. The van der Waals surface area contributed by atoms with Crippen LogP contribution in [0.1, 0.15) is 12.1 Å². The van der Waals surface area contributed by atoms with Crippen LogP contribution >= 0.6 is 0 Å². The van der Waals surface area contributed by atoms with E-state index in [-0.39, 0.29) is 6.10 Å². The van der Waals surface area contributed by atoms with Gasteiger partial charge in [0.15, 0.2) is 5.82 Å². The minimum absolute atomic E-state index is 0.122. The van der Waals surface area contributed by atoms with E-state index >= 15 is 0 Å². The Bertz CT molecular complexity index is 537. The van der Waals surface area contributed by atoms with Crippen LogP contribution in [0.4, 0.5) is 5.82 Å². The third-order valence-corrected chi connectivity index (χ3v) is 3.39. The van der Waals surface area contributed by atoms with Gasteiger partial charge in [-0.2, -0.15) is 5.10 Å². The molecule has 0 aromatic carbocycles. The Hall–Kier alpha value is -1.93. The predicted molar refractivity (Wildman–Crippen MR) is 86.8 cm³/mol. The maximum absolute atomic E-state index is 8.22. The molecule has 4 N–H and O–H groups in total. The monoisotopic (exact) mass is 307 g/mol. The number of morpholine rings is 1. The van der Waals surface area contributed by atoms with Gasteiger partial charge in [0.25, 0.3) is 0 Å². The van der Waals surface area contributed by atoms with E-state index in [4.69, 9.17) is 15.9 Å². The number of nitrogens with two attached hydrogens (primary N) is 1. The van der Waals surface area contributed by atoms with Gasteiger partial charge < -0.3 is 20.3 Å². The standard InChI is InChI=1S/C14H25N7O/c1-10-6-14(19-18-10)17-12(15)7-13(16)21-4-5-22-11(9-21)8-20(2)3/h6,11,16H,4-5,7-9H2,1-3H3,(H3,15,17,18,19). The molecule has 1 atom stereocenters. The lowest BCUT2D eigenvalue weighted by molar-refractivity contribution is -0.0177. The molecule has 8 heteroatoms. The van der Waals surface area contributed by atoms with Crippen LogP contribution < -0.4 is 5.73 Å². The number of aromatic nitrogens is 2. The first-order chi connectivity index (χ1) is 10.4. The van der Waals surface area contributed by atoms with E-state index < -0.39 is 0 Å². The topological polar surface area (TPSA) is 107 Å². The third-order valence-electron chi connectivity index (χ3n) is 3.39. The fourth-order valence-corrected chi connectivity index (χ4v) is 2.41. The number of hydrogen-bond acceptors (Lipinski definition) is 5.